The normalized spacial score (nSPS) is 17.1. The van der Waals surface area contributed by atoms with Crippen molar-refractivity contribution in [3.8, 4) is 0 Å². The fraction of sp³-hybridized carbons (Fsp3) is 0.556. The number of rotatable bonds is 4. The third kappa shape index (κ3) is 2.59. The molecular formula is C18H23N5O5. The summed E-state index contributed by atoms with van der Waals surface area (Å²) in [5, 5.41) is 0. The lowest BCUT2D eigenvalue weighted by Crippen LogP contribution is -2.41. The number of aryl methyl sites for hydroxylation is 2. The van der Waals surface area contributed by atoms with Crippen LogP contribution < -0.4 is 11.2 Å². The molecule has 1 atom stereocenters. The van der Waals surface area contributed by atoms with Gasteiger partial charge in [0.05, 0.1) is 19.8 Å². The number of methoxy groups -OCH3 is 1. The first-order chi connectivity index (χ1) is 13.3. The molecule has 0 saturated carbocycles. The Morgan fingerprint density at radius 2 is 2.00 bits per heavy atom. The Bertz CT molecular complexity index is 1210. The summed E-state index contributed by atoms with van der Waals surface area (Å²) in [6.07, 6.45) is 2.12. The highest BCUT2D eigenvalue weighted by atomic mass is 16.5. The minimum atomic E-state index is -0.664. The first kappa shape index (κ1) is 18.5. The second kappa shape index (κ2) is 6.62. The molecule has 0 spiro atoms. The molecule has 0 bridgehead atoms. The van der Waals surface area contributed by atoms with Crippen LogP contribution in [0.4, 0.5) is 0 Å². The lowest BCUT2D eigenvalue weighted by molar-refractivity contribution is -0.141. The van der Waals surface area contributed by atoms with E-state index < -0.39 is 23.8 Å². The summed E-state index contributed by atoms with van der Waals surface area (Å²) in [5.41, 5.74) is 1.23. The van der Waals surface area contributed by atoms with Gasteiger partial charge < -0.3 is 14.0 Å². The number of fused-ring (bicyclic) bond motifs is 3. The van der Waals surface area contributed by atoms with Crippen LogP contribution in [0.2, 0.25) is 0 Å². The molecule has 0 N–H and O–H groups in total. The van der Waals surface area contributed by atoms with Crippen molar-refractivity contribution in [2.45, 2.75) is 45.9 Å². The summed E-state index contributed by atoms with van der Waals surface area (Å²) in [6, 6.07) is 0. The van der Waals surface area contributed by atoms with Gasteiger partial charge >= 0.3 is 11.7 Å². The van der Waals surface area contributed by atoms with Gasteiger partial charge in [0.1, 0.15) is 6.54 Å². The number of hydrogen-bond acceptors (Lipinski definition) is 6. The van der Waals surface area contributed by atoms with Gasteiger partial charge in [-0.15, -0.1) is 0 Å². The third-order valence-electron chi connectivity index (χ3n) is 5.55. The van der Waals surface area contributed by atoms with Crippen LogP contribution in [-0.4, -0.2) is 48.9 Å². The van der Waals surface area contributed by atoms with E-state index in [-0.39, 0.29) is 17.3 Å². The van der Waals surface area contributed by atoms with Gasteiger partial charge in [-0.25, -0.2) is 9.36 Å². The minimum Gasteiger partial charge on any atom is -0.468 e. The molecule has 4 heterocycles. The van der Waals surface area contributed by atoms with E-state index in [1.165, 1.54) is 18.7 Å². The van der Waals surface area contributed by atoms with Crippen LogP contribution >= 0.6 is 0 Å². The van der Waals surface area contributed by atoms with E-state index in [2.05, 4.69) is 9.72 Å². The van der Waals surface area contributed by atoms with Crippen LogP contribution in [-0.2, 0) is 34.4 Å². The maximum atomic E-state index is 13.1. The molecule has 4 rings (SSSR count). The number of esters is 1. The summed E-state index contributed by atoms with van der Waals surface area (Å²) in [5.74, 6) is -0.0772. The average molecular weight is 389 g/mol. The molecule has 0 amide bonds. The van der Waals surface area contributed by atoms with E-state index in [1.807, 2.05) is 18.4 Å². The first-order valence-corrected chi connectivity index (χ1v) is 9.21. The van der Waals surface area contributed by atoms with Crippen molar-refractivity contribution in [1.29, 1.82) is 0 Å². The van der Waals surface area contributed by atoms with Crippen LogP contribution in [0, 0.1) is 13.8 Å². The summed E-state index contributed by atoms with van der Waals surface area (Å²) in [4.78, 5) is 42.0. The zero-order chi connectivity index (χ0) is 20.2. The predicted molar refractivity (Wildman–Crippen MR) is 101 cm³/mol. The van der Waals surface area contributed by atoms with E-state index >= 15 is 0 Å². The summed E-state index contributed by atoms with van der Waals surface area (Å²) in [7, 11) is 2.75. The lowest BCUT2D eigenvalue weighted by atomic mass is 10.2. The van der Waals surface area contributed by atoms with Crippen molar-refractivity contribution in [2.75, 3.05) is 13.7 Å². The van der Waals surface area contributed by atoms with Crippen molar-refractivity contribution in [3.63, 3.8) is 0 Å². The number of hydrogen-bond donors (Lipinski definition) is 0. The minimum absolute atomic E-state index is 0.105. The van der Waals surface area contributed by atoms with Crippen molar-refractivity contribution in [3.05, 3.63) is 32.2 Å². The average Bonchev–Trinajstić information content (AvgIpc) is 3.38. The second-order valence-electron chi connectivity index (χ2n) is 7.14. The van der Waals surface area contributed by atoms with Crippen LogP contribution in [0.15, 0.2) is 9.59 Å². The first-order valence-electron chi connectivity index (χ1n) is 9.21. The maximum Gasteiger partial charge on any atom is 0.333 e. The van der Waals surface area contributed by atoms with Gasteiger partial charge in [0.25, 0.3) is 5.56 Å². The molecule has 1 saturated heterocycles. The van der Waals surface area contributed by atoms with Gasteiger partial charge in [-0.05, 0) is 26.7 Å². The molecule has 0 aromatic carbocycles. The topological polar surface area (TPSA) is 102 Å². The monoisotopic (exact) mass is 389 g/mol. The van der Waals surface area contributed by atoms with Gasteiger partial charge in [0.15, 0.2) is 11.2 Å². The third-order valence-corrected chi connectivity index (χ3v) is 5.55. The molecule has 10 heteroatoms. The zero-order valence-electron chi connectivity index (χ0n) is 16.4. The van der Waals surface area contributed by atoms with E-state index in [1.54, 1.807) is 4.40 Å². The molecule has 0 unspecified atom stereocenters. The summed E-state index contributed by atoms with van der Waals surface area (Å²) >= 11 is 0. The van der Waals surface area contributed by atoms with Crippen molar-refractivity contribution in [2.24, 2.45) is 7.05 Å². The fourth-order valence-corrected chi connectivity index (χ4v) is 3.86. The van der Waals surface area contributed by atoms with Gasteiger partial charge in [-0.3, -0.25) is 18.6 Å². The van der Waals surface area contributed by atoms with Crippen LogP contribution in [0.3, 0.4) is 0 Å². The Labute approximate surface area is 159 Å². The number of ether oxygens (including phenoxy) is 2. The van der Waals surface area contributed by atoms with Crippen molar-refractivity contribution >= 4 is 22.9 Å². The number of imidazole rings is 2. The highest BCUT2D eigenvalue weighted by Crippen LogP contribution is 2.23. The highest BCUT2D eigenvalue weighted by Gasteiger charge is 2.25. The molecule has 1 aliphatic rings. The van der Waals surface area contributed by atoms with Crippen molar-refractivity contribution in [1.82, 2.24) is 23.1 Å². The molecule has 0 aliphatic carbocycles. The number of carbonyl (C=O) groups excluding carboxylic acids is 1. The van der Waals surface area contributed by atoms with Crippen LogP contribution in [0.5, 0.6) is 0 Å². The zero-order valence-corrected chi connectivity index (χ0v) is 16.4. The smallest absolute Gasteiger partial charge is 0.333 e. The fourth-order valence-electron chi connectivity index (χ4n) is 3.86. The van der Waals surface area contributed by atoms with Gasteiger partial charge in [0.2, 0.25) is 5.78 Å². The molecule has 3 aromatic heterocycles. The quantitative estimate of drug-likeness (QED) is 0.588. The Balaban J connectivity index is 2.00. The Morgan fingerprint density at radius 3 is 2.64 bits per heavy atom. The largest absolute Gasteiger partial charge is 0.468 e. The number of carbonyl (C=O) groups is 1. The van der Waals surface area contributed by atoms with Gasteiger partial charge in [0, 0.05) is 25.0 Å². The number of aromatic nitrogens is 5. The van der Waals surface area contributed by atoms with Crippen LogP contribution in [0.1, 0.15) is 24.2 Å². The van der Waals surface area contributed by atoms with E-state index in [0.29, 0.717) is 12.3 Å². The molecule has 1 aliphatic heterocycles. The van der Waals surface area contributed by atoms with Crippen molar-refractivity contribution < 1.29 is 14.3 Å². The van der Waals surface area contributed by atoms with E-state index in [0.717, 1.165) is 35.4 Å². The molecule has 1 fully saturated rings. The van der Waals surface area contributed by atoms with E-state index in [9.17, 15) is 14.4 Å². The molecule has 3 aromatic rings. The summed E-state index contributed by atoms with van der Waals surface area (Å²) in [6.45, 7) is 4.82. The molecule has 150 valence electrons. The van der Waals surface area contributed by atoms with Gasteiger partial charge in [-0.1, -0.05) is 0 Å². The molecule has 28 heavy (non-hydrogen) atoms. The Kier molecular flexibility index (Phi) is 4.37. The molecule has 10 nitrogen and oxygen atoms in total. The maximum absolute atomic E-state index is 13.1. The molecular weight excluding hydrogens is 366 g/mol. The number of nitrogens with zero attached hydrogens (tertiary/aromatic N) is 5. The highest BCUT2D eigenvalue weighted by molar-refractivity contribution is 5.77. The van der Waals surface area contributed by atoms with Crippen LogP contribution in [0.25, 0.3) is 16.9 Å². The van der Waals surface area contributed by atoms with E-state index in [4.69, 9.17) is 4.74 Å². The Hall–Kier alpha value is -2.88. The SMILES string of the molecule is COC(=O)Cn1c(=O)c2c(nc3n(C[C@@H]4CCCO4)c(C)c(C)n23)n(C)c1=O. The lowest BCUT2D eigenvalue weighted by Gasteiger charge is -2.12. The standard InChI is InChI=1S/C18H23N5O5/c1-10-11(2)23-14-15(19-17(23)21(10)8-12-6-5-7-28-12)20(3)18(26)22(16(14)25)9-13(24)27-4/h12H,5-9H2,1-4H3/t12-/m0/s1. The second-order valence-corrected chi connectivity index (χ2v) is 7.14. The predicted octanol–water partition coefficient (Wildman–Crippen LogP) is 0.118. The molecule has 0 radical (unpaired) electrons. The summed E-state index contributed by atoms with van der Waals surface area (Å²) < 4.78 is 16.3. The Morgan fingerprint density at radius 1 is 1.25 bits per heavy atom. The van der Waals surface area contributed by atoms with Gasteiger partial charge in [-0.2, -0.15) is 4.98 Å².